The number of aliphatic carboxylic acids is 1. The second-order valence-corrected chi connectivity index (χ2v) is 4.27. The van der Waals surface area contributed by atoms with Gasteiger partial charge in [0.25, 0.3) is 0 Å². The summed E-state index contributed by atoms with van der Waals surface area (Å²) in [6.45, 7) is 2.77. The molecule has 0 saturated carbocycles. The molecule has 1 unspecified atom stereocenters. The van der Waals surface area contributed by atoms with Crippen LogP contribution in [0.5, 0.6) is 5.75 Å². The maximum atomic E-state index is 10.9. The molecule has 1 aliphatic heterocycles. The summed E-state index contributed by atoms with van der Waals surface area (Å²) in [6, 6.07) is 5.18. The largest absolute Gasteiger partial charge is 0.496 e. The molecule has 6 nitrogen and oxygen atoms in total. The minimum atomic E-state index is -1.59. The van der Waals surface area contributed by atoms with E-state index < -0.39 is 12.1 Å². The molecule has 19 heavy (non-hydrogen) atoms. The van der Waals surface area contributed by atoms with Gasteiger partial charge in [0.2, 0.25) is 0 Å². The molecule has 1 atom stereocenters. The minimum absolute atomic E-state index is 0.263. The Morgan fingerprint density at radius 2 is 2.11 bits per heavy atom. The first-order valence-electron chi connectivity index (χ1n) is 6.05. The highest BCUT2D eigenvalue weighted by molar-refractivity contribution is 5.76. The van der Waals surface area contributed by atoms with E-state index in [1.807, 2.05) is 6.07 Å². The van der Waals surface area contributed by atoms with E-state index in [1.54, 1.807) is 12.1 Å². The van der Waals surface area contributed by atoms with Crippen molar-refractivity contribution < 1.29 is 24.5 Å². The smallest absolute Gasteiger partial charge is 0.337 e. The Balaban J connectivity index is 2.31. The zero-order chi connectivity index (χ0) is 13.8. The Bertz CT molecular complexity index is 456. The number of carbonyl (C=O) groups is 1. The monoisotopic (exact) mass is 267 g/mol. The van der Waals surface area contributed by atoms with E-state index >= 15 is 0 Å². The van der Waals surface area contributed by atoms with Gasteiger partial charge in [-0.2, -0.15) is 0 Å². The molecule has 0 radical (unpaired) electrons. The van der Waals surface area contributed by atoms with Crippen molar-refractivity contribution in [2.75, 3.05) is 38.3 Å². The number of aliphatic hydroxyl groups excluding tert-OH is 1. The first kappa shape index (κ1) is 13.6. The van der Waals surface area contributed by atoms with Gasteiger partial charge in [0.05, 0.1) is 20.3 Å². The molecule has 0 spiro atoms. The first-order valence-corrected chi connectivity index (χ1v) is 6.05. The van der Waals surface area contributed by atoms with Gasteiger partial charge in [0.1, 0.15) is 5.75 Å². The third-order valence-corrected chi connectivity index (χ3v) is 3.12. The lowest BCUT2D eigenvalue weighted by atomic mass is 10.1. The molecular formula is C13H17NO5. The molecule has 0 aromatic heterocycles. The van der Waals surface area contributed by atoms with Crippen molar-refractivity contribution >= 4 is 11.7 Å². The Kier molecular flexibility index (Phi) is 4.24. The maximum absolute atomic E-state index is 10.9. The van der Waals surface area contributed by atoms with Crippen molar-refractivity contribution in [3.63, 3.8) is 0 Å². The number of aliphatic hydroxyl groups is 1. The van der Waals surface area contributed by atoms with Gasteiger partial charge in [-0.3, -0.25) is 0 Å². The normalized spacial score (nSPS) is 17.1. The molecule has 0 aliphatic carbocycles. The molecule has 6 heteroatoms. The number of rotatable bonds is 4. The molecule has 0 amide bonds. The highest BCUT2D eigenvalue weighted by Crippen LogP contribution is 2.30. The van der Waals surface area contributed by atoms with Crippen LogP contribution in [-0.2, 0) is 9.53 Å². The number of carboxylic acids is 1. The van der Waals surface area contributed by atoms with E-state index in [9.17, 15) is 9.90 Å². The minimum Gasteiger partial charge on any atom is -0.496 e. The molecule has 1 saturated heterocycles. The van der Waals surface area contributed by atoms with E-state index in [1.165, 1.54) is 7.11 Å². The van der Waals surface area contributed by atoms with Gasteiger partial charge in [0, 0.05) is 24.3 Å². The number of hydrogen-bond donors (Lipinski definition) is 2. The van der Waals surface area contributed by atoms with Gasteiger partial charge in [-0.15, -0.1) is 0 Å². The Labute approximate surface area is 111 Å². The van der Waals surface area contributed by atoms with E-state index in [0.29, 0.717) is 19.0 Å². The molecule has 1 aliphatic rings. The van der Waals surface area contributed by atoms with Crippen LogP contribution in [0.25, 0.3) is 0 Å². The van der Waals surface area contributed by atoms with Crippen LogP contribution in [0.3, 0.4) is 0 Å². The average molecular weight is 267 g/mol. The van der Waals surface area contributed by atoms with Crippen molar-refractivity contribution in [2.24, 2.45) is 0 Å². The fourth-order valence-corrected chi connectivity index (χ4v) is 2.09. The number of anilines is 1. The van der Waals surface area contributed by atoms with Crippen molar-refractivity contribution in [1.29, 1.82) is 0 Å². The van der Waals surface area contributed by atoms with Gasteiger partial charge >= 0.3 is 5.97 Å². The summed E-state index contributed by atoms with van der Waals surface area (Å²) in [4.78, 5) is 13.0. The van der Waals surface area contributed by atoms with Gasteiger partial charge in [-0.05, 0) is 18.2 Å². The highest BCUT2D eigenvalue weighted by Gasteiger charge is 2.22. The van der Waals surface area contributed by atoms with Crippen LogP contribution >= 0.6 is 0 Å². The summed E-state index contributed by atoms with van der Waals surface area (Å²) in [7, 11) is 1.45. The Morgan fingerprint density at radius 1 is 1.42 bits per heavy atom. The lowest BCUT2D eigenvalue weighted by molar-refractivity contribution is -0.147. The van der Waals surface area contributed by atoms with E-state index in [4.69, 9.17) is 14.6 Å². The number of hydrogen-bond acceptors (Lipinski definition) is 5. The van der Waals surface area contributed by atoms with Crippen LogP contribution in [0, 0.1) is 0 Å². The second-order valence-electron chi connectivity index (χ2n) is 4.27. The Hall–Kier alpha value is -1.79. The van der Waals surface area contributed by atoms with Crippen LogP contribution in [0.4, 0.5) is 5.69 Å². The lowest BCUT2D eigenvalue weighted by Gasteiger charge is -2.29. The molecular weight excluding hydrogens is 250 g/mol. The van der Waals surface area contributed by atoms with Gasteiger partial charge in [-0.1, -0.05) is 0 Å². The van der Waals surface area contributed by atoms with Crippen molar-refractivity contribution in [1.82, 2.24) is 0 Å². The second kappa shape index (κ2) is 5.90. The standard InChI is InChI=1S/C13H17NO5/c1-18-11-3-2-9(14-4-6-19-7-5-14)8-10(11)12(15)13(16)17/h2-3,8,12,15H,4-7H2,1H3,(H,16,17). The number of nitrogens with zero attached hydrogens (tertiary/aromatic N) is 1. The predicted octanol–water partition coefficient (Wildman–Crippen LogP) is 0.650. The van der Waals surface area contributed by atoms with Crippen LogP contribution in [0.2, 0.25) is 0 Å². The molecule has 1 aromatic carbocycles. The van der Waals surface area contributed by atoms with Crippen LogP contribution < -0.4 is 9.64 Å². The number of methoxy groups -OCH3 is 1. The predicted molar refractivity (Wildman–Crippen MR) is 68.6 cm³/mol. The van der Waals surface area contributed by atoms with Crippen LogP contribution in [0.15, 0.2) is 18.2 Å². The van der Waals surface area contributed by atoms with Crippen LogP contribution in [-0.4, -0.2) is 49.6 Å². The SMILES string of the molecule is COc1ccc(N2CCOCC2)cc1C(O)C(=O)O. The summed E-state index contributed by atoms with van der Waals surface area (Å²) in [5.74, 6) is -0.927. The summed E-state index contributed by atoms with van der Waals surface area (Å²) < 4.78 is 10.4. The fraction of sp³-hybridized carbons (Fsp3) is 0.462. The zero-order valence-electron chi connectivity index (χ0n) is 10.7. The number of benzene rings is 1. The van der Waals surface area contributed by atoms with Crippen LogP contribution in [0.1, 0.15) is 11.7 Å². The first-order chi connectivity index (χ1) is 9.13. The highest BCUT2D eigenvalue weighted by atomic mass is 16.5. The summed E-state index contributed by atoms with van der Waals surface area (Å²) in [5.41, 5.74) is 1.12. The van der Waals surface area contributed by atoms with E-state index in [0.717, 1.165) is 18.8 Å². The molecule has 1 heterocycles. The molecule has 0 bridgehead atoms. The summed E-state index contributed by atoms with van der Waals surface area (Å²) >= 11 is 0. The lowest BCUT2D eigenvalue weighted by Crippen LogP contribution is -2.36. The number of carboxylic acid groups (broad SMARTS) is 1. The van der Waals surface area contributed by atoms with Crippen molar-refractivity contribution in [2.45, 2.75) is 6.10 Å². The van der Waals surface area contributed by atoms with E-state index in [2.05, 4.69) is 4.90 Å². The van der Waals surface area contributed by atoms with Gasteiger partial charge in [0.15, 0.2) is 6.10 Å². The maximum Gasteiger partial charge on any atom is 0.337 e. The molecule has 2 N–H and O–H groups in total. The van der Waals surface area contributed by atoms with E-state index in [-0.39, 0.29) is 5.56 Å². The number of morpholine rings is 1. The van der Waals surface area contributed by atoms with Crippen molar-refractivity contribution in [3.05, 3.63) is 23.8 Å². The topological polar surface area (TPSA) is 79.2 Å². The summed E-state index contributed by atoms with van der Waals surface area (Å²) in [5, 5.41) is 18.6. The average Bonchev–Trinajstić information content (AvgIpc) is 2.46. The Morgan fingerprint density at radius 3 is 2.68 bits per heavy atom. The zero-order valence-corrected chi connectivity index (χ0v) is 10.7. The number of ether oxygens (including phenoxy) is 2. The molecule has 104 valence electrons. The third-order valence-electron chi connectivity index (χ3n) is 3.12. The fourth-order valence-electron chi connectivity index (χ4n) is 2.09. The van der Waals surface area contributed by atoms with Gasteiger partial charge < -0.3 is 24.6 Å². The molecule has 2 rings (SSSR count). The van der Waals surface area contributed by atoms with Crippen molar-refractivity contribution in [3.8, 4) is 5.75 Å². The molecule has 1 fully saturated rings. The molecule has 1 aromatic rings. The third kappa shape index (κ3) is 2.97. The summed E-state index contributed by atoms with van der Waals surface area (Å²) in [6.07, 6.45) is -1.59. The van der Waals surface area contributed by atoms with Gasteiger partial charge in [-0.25, -0.2) is 4.79 Å². The quantitative estimate of drug-likeness (QED) is 0.834.